The first-order valence-electron chi connectivity index (χ1n) is 9.14. The van der Waals surface area contributed by atoms with Crippen molar-refractivity contribution in [3.8, 4) is 0 Å². The molecule has 2 aliphatic rings. The van der Waals surface area contributed by atoms with Gasteiger partial charge in [-0.1, -0.05) is 18.2 Å². The molecule has 8 atom stereocenters. The SMILES string of the molecule is OC1C[C@H]2C(CC(OP)C2OCC(CCc2cccc(C(F)(F)F)c2)OP)O1. The zero-order valence-electron chi connectivity index (χ0n) is 15.2. The summed E-state index contributed by atoms with van der Waals surface area (Å²) in [7, 11) is 4.44. The number of alkyl halides is 3. The predicted molar refractivity (Wildman–Crippen MR) is 102 cm³/mol. The predicted octanol–water partition coefficient (Wildman–Crippen LogP) is 3.50. The van der Waals surface area contributed by atoms with Crippen molar-refractivity contribution < 1.29 is 36.8 Å². The Balaban J connectivity index is 1.53. The van der Waals surface area contributed by atoms with E-state index in [1.54, 1.807) is 6.07 Å². The van der Waals surface area contributed by atoms with Crippen LogP contribution in [-0.4, -0.2) is 42.4 Å². The van der Waals surface area contributed by atoms with E-state index < -0.39 is 18.0 Å². The monoisotopic (exact) mass is 440 g/mol. The van der Waals surface area contributed by atoms with Gasteiger partial charge in [0, 0.05) is 37.7 Å². The molecule has 10 heteroatoms. The standard InChI is InChI=1S/C18H25F3O5P2/c19-18(20,21)11-3-1-2-10(6-11)4-5-12(25-27)9-23-17-13-7-16(22)24-14(13)8-15(17)26-28/h1-3,6,12-17,22H,4-5,7-9,27-28H2/t12?,13-,14?,15?,16?,17?/m0/s1. The van der Waals surface area contributed by atoms with Gasteiger partial charge in [0.2, 0.25) is 0 Å². The fraction of sp³-hybridized carbons (Fsp3) is 0.667. The summed E-state index contributed by atoms with van der Waals surface area (Å²) >= 11 is 0. The molecule has 1 saturated heterocycles. The fourth-order valence-corrected chi connectivity index (χ4v) is 4.44. The second-order valence-electron chi connectivity index (χ2n) is 7.23. The average Bonchev–Trinajstić information content (AvgIpc) is 3.17. The molecule has 3 rings (SSSR count). The maximum Gasteiger partial charge on any atom is 0.416 e. The number of hydrogen-bond donors (Lipinski definition) is 1. The fourth-order valence-electron chi connectivity index (χ4n) is 3.96. The van der Waals surface area contributed by atoms with E-state index in [4.69, 9.17) is 18.5 Å². The van der Waals surface area contributed by atoms with Crippen LogP contribution in [0.15, 0.2) is 24.3 Å². The zero-order valence-corrected chi connectivity index (χ0v) is 17.5. The summed E-state index contributed by atoms with van der Waals surface area (Å²) < 4.78 is 60.8. The van der Waals surface area contributed by atoms with Gasteiger partial charge in [-0.3, -0.25) is 0 Å². The van der Waals surface area contributed by atoms with Gasteiger partial charge >= 0.3 is 6.18 Å². The first-order valence-corrected chi connectivity index (χ1v) is 10.1. The topological polar surface area (TPSA) is 57.2 Å². The zero-order chi connectivity index (χ0) is 20.3. The Bertz CT molecular complexity index is 648. The molecule has 2 fully saturated rings. The van der Waals surface area contributed by atoms with Gasteiger partial charge in [-0.05, 0) is 24.5 Å². The van der Waals surface area contributed by atoms with E-state index in [9.17, 15) is 18.3 Å². The minimum absolute atomic E-state index is 0.0502. The number of fused-ring (bicyclic) bond motifs is 1. The Morgan fingerprint density at radius 3 is 2.71 bits per heavy atom. The highest BCUT2D eigenvalue weighted by molar-refractivity contribution is 7.10. The lowest BCUT2D eigenvalue weighted by molar-refractivity contribution is -0.137. The summed E-state index contributed by atoms with van der Waals surface area (Å²) in [4.78, 5) is 0. The van der Waals surface area contributed by atoms with Crippen molar-refractivity contribution >= 4 is 18.9 Å². The number of aryl methyl sites for hydroxylation is 1. The van der Waals surface area contributed by atoms with Crippen molar-refractivity contribution in [2.24, 2.45) is 5.92 Å². The highest BCUT2D eigenvalue weighted by Crippen LogP contribution is 2.42. The molecular formula is C18H25F3O5P2. The van der Waals surface area contributed by atoms with Gasteiger partial charge in [0.1, 0.15) is 0 Å². The first-order chi connectivity index (χ1) is 13.3. The molecule has 28 heavy (non-hydrogen) atoms. The van der Waals surface area contributed by atoms with Crippen LogP contribution in [0.2, 0.25) is 0 Å². The number of halogens is 3. The van der Waals surface area contributed by atoms with Crippen LogP contribution in [0.5, 0.6) is 0 Å². The lowest BCUT2D eigenvalue weighted by Crippen LogP contribution is -2.33. The normalized spacial score (nSPS) is 31.1. The van der Waals surface area contributed by atoms with Crippen molar-refractivity contribution in [2.45, 2.75) is 62.6 Å². The number of hydrogen-bond acceptors (Lipinski definition) is 5. The molecule has 1 aromatic rings. The van der Waals surface area contributed by atoms with Crippen LogP contribution in [0.1, 0.15) is 30.4 Å². The van der Waals surface area contributed by atoms with Crippen molar-refractivity contribution in [1.82, 2.24) is 0 Å². The molecule has 0 radical (unpaired) electrons. The maximum absolute atomic E-state index is 12.8. The van der Waals surface area contributed by atoms with E-state index in [0.29, 0.717) is 31.2 Å². The molecule has 1 N–H and O–H groups in total. The second kappa shape index (κ2) is 9.65. The largest absolute Gasteiger partial charge is 0.416 e. The van der Waals surface area contributed by atoms with E-state index in [1.807, 2.05) is 0 Å². The number of rotatable bonds is 8. The summed E-state index contributed by atoms with van der Waals surface area (Å²) in [5.74, 6) is 0.0502. The molecule has 1 heterocycles. The molecule has 1 aliphatic heterocycles. The average molecular weight is 440 g/mol. The molecule has 0 amide bonds. The third kappa shape index (κ3) is 5.42. The van der Waals surface area contributed by atoms with Crippen molar-refractivity contribution in [3.63, 3.8) is 0 Å². The molecule has 1 aliphatic carbocycles. The lowest BCUT2D eigenvalue weighted by Gasteiger charge is -2.25. The second-order valence-corrected chi connectivity index (χ2v) is 7.78. The Morgan fingerprint density at radius 2 is 2.04 bits per heavy atom. The Kier molecular flexibility index (Phi) is 7.71. The molecule has 0 bridgehead atoms. The summed E-state index contributed by atoms with van der Waals surface area (Å²) in [5.41, 5.74) is -0.0527. The Morgan fingerprint density at radius 1 is 1.25 bits per heavy atom. The van der Waals surface area contributed by atoms with Gasteiger partial charge < -0.3 is 23.6 Å². The molecule has 5 nitrogen and oxygen atoms in total. The minimum atomic E-state index is -4.35. The number of ether oxygens (including phenoxy) is 2. The number of benzene rings is 1. The highest BCUT2D eigenvalue weighted by Gasteiger charge is 2.50. The van der Waals surface area contributed by atoms with Crippen LogP contribution in [0.4, 0.5) is 13.2 Å². The summed E-state index contributed by atoms with van der Waals surface area (Å²) in [6.07, 6.45) is -3.80. The molecule has 0 aromatic heterocycles. The highest BCUT2D eigenvalue weighted by atomic mass is 31.0. The van der Waals surface area contributed by atoms with Gasteiger partial charge in [0.15, 0.2) is 6.29 Å². The van der Waals surface area contributed by atoms with Crippen LogP contribution >= 0.6 is 18.9 Å². The number of aliphatic hydroxyl groups excluding tert-OH is 1. The van der Waals surface area contributed by atoms with Gasteiger partial charge in [-0.2, -0.15) is 13.2 Å². The van der Waals surface area contributed by atoms with Crippen LogP contribution < -0.4 is 0 Å². The third-order valence-corrected chi connectivity index (χ3v) is 6.12. The maximum atomic E-state index is 12.8. The van der Waals surface area contributed by atoms with E-state index in [1.165, 1.54) is 6.07 Å². The van der Waals surface area contributed by atoms with Crippen molar-refractivity contribution in [2.75, 3.05) is 6.61 Å². The van der Waals surface area contributed by atoms with Gasteiger partial charge in [0.05, 0.1) is 36.6 Å². The van der Waals surface area contributed by atoms with E-state index in [2.05, 4.69) is 18.9 Å². The summed E-state index contributed by atoms with van der Waals surface area (Å²) in [6, 6.07) is 5.31. The molecule has 158 valence electrons. The van der Waals surface area contributed by atoms with E-state index in [0.717, 1.165) is 12.1 Å². The quantitative estimate of drug-likeness (QED) is 0.628. The third-order valence-electron chi connectivity index (χ3n) is 5.39. The van der Waals surface area contributed by atoms with Crippen molar-refractivity contribution in [3.05, 3.63) is 35.4 Å². The molecular weight excluding hydrogens is 415 g/mol. The Hall–Kier alpha value is -0.330. The van der Waals surface area contributed by atoms with Crippen molar-refractivity contribution in [1.29, 1.82) is 0 Å². The van der Waals surface area contributed by atoms with Gasteiger partial charge in [-0.25, -0.2) is 0 Å². The number of aliphatic hydroxyl groups is 1. The van der Waals surface area contributed by atoms with Crippen LogP contribution in [-0.2, 0) is 31.1 Å². The van der Waals surface area contributed by atoms with E-state index in [-0.39, 0.29) is 36.9 Å². The van der Waals surface area contributed by atoms with Crippen LogP contribution in [0, 0.1) is 5.92 Å². The molecule has 1 aromatic carbocycles. The van der Waals surface area contributed by atoms with E-state index >= 15 is 0 Å². The summed E-state index contributed by atoms with van der Waals surface area (Å²) in [6.45, 7) is 0.275. The smallest absolute Gasteiger partial charge is 0.372 e. The minimum Gasteiger partial charge on any atom is -0.372 e. The lowest BCUT2D eigenvalue weighted by atomic mass is 10.0. The molecule has 1 saturated carbocycles. The molecule has 7 unspecified atom stereocenters. The Labute approximate surface area is 166 Å². The molecule has 0 spiro atoms. The summed E-state index contributed by atoms with van der Waals surface area (Å²) in [5, 5.41) is 9.69. The van der Waals surface area contributed by atoms with Crippen LogP contribution in [0.25, 0.3) is 0 Å². The van der Waals surface area contributed by atoms with Crippen LogP contribution in [0.3, 0.4) is 0 Å². The van der Waals surface area contributed by atoms with Gasteiger partial charge in [0.25, 0.3) is 0 Å². The van der Waals surface area contributed by atoms with Gasteiger partial charge in [-0.15, -0.1) is 0 Å². The first kappa shape index (κ1) is 22.4.